The van der Waals surface area contributed by atoms with Crippen LogP contribution in [0.4, 0.5) is 5.69 Å². The van der Waals surface area contributed by atoms with E-state index in [1.807, 2.05) is 78.9 Å². The normalized spacial score (nSPS) is 10.5. The lowest BCUT2D eigenvalue weighted by atomic mass is 10.2. The third-order valence-electron chi connectivity index (χ3n) is 4.20. The lowest BCUT2D eigenvalue weighted by Crippen LogP contribution is -2.12. The first-order valence-electron chi connectivity index (χ1n) is 8.97. The number of aromatic nitrogens is 1. The first-order valence-corrected chi connectivity index (χ1v) is 10.2. The molecule has 6 heteroatoms. The Kier molecular flexibility index (Phi) is 5.89. The number of carbonyl (C=O) groups excluding carboxylic acids is 1. The van der Waals surface area contributed by atoms with Crippen LogP contribution in [0.5, 0.6) is 5.75 Å². The first kappa shape index (κ1) is 19.2. The van der Waals surface area contributed by atoms with Crippen molar-refractivity contribution in [3.05, 3.63) is 101 Å². The Morgan fingerprint density at radius 1 is 1.00 bits per heavy atom. The number of nitrogens with zero attached hydrogens (tertiary/aromatic N) is 1. The number of hydrogen-bond acceptors (Lipinski definition) is 4. The van der Waals surface area contributed by atoms with Crippen molar-refractivity contribution in [3.63, 3.8) is 0 Å². The molecule has 0 unspecified atom stereocenters. The van der Waals surface area contributed by atoms with Gasteiger partial charge in [-0.2, -0.15) is 0 Å². The highest BCUT2D eigenvalue weighted by atomic mass is 35.5. The Hall–Kier alpha value is -3.15. The molecule has 144 valence electrons. The molecular weight excluding hydrogens is 404 g/mol. The number of nitrogens with one attached hydrogen (secondary N) is 1. The summed E-state index contributed by atoms with van der Waals surface area (Å²) in [6.45, 7) is 0.381. The van der Waals surface area contributed by atoms with E-state index in [1.165, 1.54) is 11.3 Å². The number of ether oxygens (including phenoxy) is 1. The van der Waals surface area contributed by atoms with E-state index in [1.54, 1.807) is 5.38 Å². The quantitative estimate of drug-likeness (QED) is 0.398. The molecule has 0 radical (unpaired) electrons. The molecule has 4 aromatic rings. The lowest BCUT2D eigenvalue weighted by molar-refractivity contribution is 0.102. The third kappa shape index (κ3) is 4.83. The van der Waals surface area contributed by atoms with Crippen molar-refractivity contribution >= 4 is 34.5 Å². The Morgan fingerprint density at radius 2 is 1.79 bits per heavy atom. The number of hydrogen-bond donors (Lipinski definition) is 1. The minimum Gasteiger partial charge on any atom is -0.489 e. The molecule has 0 bridgehead atoms. The fourth-order valence-electron chi connectivity index (χ4n) is 2.72. The van der Waals surface area contributed by atoms with Crippen LogP contribution in [0.1, 0.15) is 16.1 Å². The minimum atomic E-state index is -0.232. The fourth-order valence-corrected chi connectivity index (χ4v) is 3.71. The summed E-state index contributed by atoms with van der Waals surface area (Å²) in [6.07, 6.45) is 0. The van der Waals surface area contributed by atoms with Crippen molar-refractivity contribution in [2.75, 3.05) is 5.32 Å². The van der Waals surface area contributed by atoms with Crippen LogP contribution in [0, 0.1) is 0 Å². The standard InChI is InChI=1S/C23H17ClN2O2S/c24-20-12-5-4-7-17(20)14-28-19-11-6-8-16(13-19)23-26-21(15-29-23)22(27)25-18-9-2-1-3-10-18/h1-13,15H,14H2,(H,25,27). The molecule has 4 rings (SSSR count). The summed E-state index contributed by atoms with van der Waals surface area (Å²) in [5.74, 6) is 0.484. The van der Waals surface area contributed by atoms with E-state index in [0.717, 1.165) is 21.8 Å². The van der Waals surface area contributed by atoms with E-state index < -0.39 is 0 Å². The van der Waals surface area contributed by atoms with Gasteiger partial charge in [-0.3, -0.25) is 4.79 Å². The van der Waals surface area contributed by atoms with Crippen molar-refractivity contribution in [1.82, 2.24) is 4.98 Å². The topological polar surface area (TPSA) is 51.2 Å². The van der Waals surface area contributed by atoms with Crippen LogP contribution in [0.15, 0.2) is 84.2 Å². The lowest BCUT2D eigenvalue weighted by Gasteiger charge is -2.08. The molecule has 0 spiro atoms. The van der Waals surface area contributed by atoms with E-state index in [9.17, 15) is 4.79 Å². The van der Waals surface area contributed by atoms with Gasteiger partial charge in [0, 0.05) is 27.2 Å². The minimum absolute atomic E-state index is 0.232. The zero-order chi connectivity index (χ0) is 20.1. The van der Waals surface area contributed by atoms with Gasteiger partial charge in [-0.05, 0) is 30.3 Å². The van der Waals surface area contributed by atoms with Crippen molar-refractivity contribution in [2.24, 2.45) is 0 Å². The monoisotopic (exact) mass is 420 g/mol. The summed E-state index contributed by atoms with van der Waals surface area (Å²) in [6, 6.07) is 24.6. The van der Waals surface area contributed by atoms with Crippen molar-refractivity contribution in [1.29, 1.82) is 0 Å². The van der Waals surface area contributed by atoms with Gasteiger partial charge < -0.3 is 10.1 Å². The molecule has 1 N–H and O–H groups in total. The van der Waals surface area contributed by atoms with Gasteiger partial charge in [-0.1, -0.05) is 60.1 Å². The maximum atomic E-state index is 12.4. The third-order valence-corrected chi connectivity index (χ3v) is 5.46. The summed E-state index contributed by atoms with van der Waals surface area (Å²) >= 11 is 7.60. The maximum Gasteiger partial charge on any atom is 0.275 e. The molecule has 4 nitrogen and oxygen atoms in total. The maximum absolute atomic E-state index is 12.4. The molecule has 0 aliphatic rings. The summed E-state index contributed by atoms with van der Waals surface area (Å²) < 4.78 is 5.88. The summed E-state index contributed by atoms with van der Waals surface area (Å²) in [5.41, 5.74) is 2.94. The second kappa shape index (κ2) is 8.90. The van der Waals surface area contributed by atoms with Crippen LogP contribution in [0.2, 0.25) is 5.02 Å². The molecule has 0 fully saturated rings. The van der Waals surface area contributed by atoms with Gasteiger partial charge in [0.2, 0.25) is 0 Å². The Bertz CT molecular complexity index is 1130. The SMILES string of the molecule is O=C(Nc1ccccc1)c1csc(-c2cccc(OCc3ccccc3Cl)c2)n1. The predicted octanol–water partition coefficient (Wildman–Crippen LogP) is 6.29. The van der Waals surface area contributed by atoms with Gasteiger partial charge in [-0.15, -0.1) is 11.3 Å². The van der Waals surface area contributed by atoms with Crippen molar-refractivity contribution < 1.29 is 9.53 Å². The van der Waals surface area contributed by atoms with E-state index in [4.69, 9.17) is 16.3 Å². The average Bonchev–Trinajstić information content (AvgIpc) is 3.25. The average molecular weight is 421 g/mol. The number of halogens is 1. The number of rotatable bonds is 6. The van der Waals surface area contributed by atoms with Crippen molar-refractivity contribution in [3.8, 4) is 16.3 Å². The second-order valence-corrected chi connectivity index (χ2v) is 7.53. The van der Waals surface area contributed by atoms with E-state index in [2.05, 4.69) is 10.3 Å². The molecule has 1 aromatic heterocycles. The molecular formula is C23H17ClN2O2S. The number of carbonyl (C=O) groups is 1. The predicted molar refractivity (Wildman–Crippen MR) is 118 cm³/mol. The number of thiazole rings is 1. The van der Waals surface area contributed by atoms with Crippen LogP contribution in [-0.4, -0.2) is 10.9 Å². The highest BCUT2D eigenvalue weighted by Gasteiger charge is 2.13. The molecule has 0 saturated heterocycles. The molecule has 0 atom stereocenters. The highest BCUT2D eigenvalue weighted by molar-refractivity contribution is 7.13. The Labute approximate surface area is 177 Å². The molecule has 1 amide bonds. The number of benzene rings is 3. The number of anilines is 1. The van der Waals surface area contributed by atoms with Crippen LogP contribution in [0.25, 0.3) is 10.6 Å². The van der Waals surface area contributed by atoms with E-state index >= 15 is 0 Å². The summed E-state index contributed by atoms with van der Waals surface area (Å²) in [5, 5.41) is 6.04. The van der Waals surface area contributed by atoms with Gasteiger partial charge >= 0.3 is 0 Å². The van der Waals surface area contributed by atoms with Gasteiger partial charge in [0.05, 0.1) is 0 Å². The summed E-state index contributed by atoms with van der Waals surface area (Å²) in [4.78, 5) is 16.9. The van der Waals surface area contributed by atoms with Gasteiger partial charge in [0.25, 0.3) is 5.91 Å². The van der Waals surface area contributed by atoms with Crippen LogP contribution in [-0.2, 0) is 6.61 Å². The van der Waals surface area contributed by atoms with Gasteiger partial charge in [0.1, 0.15) is 23.1 Å². The van der Waals surface area contributed by atoms with Crippen LogP contribution < -0.4 is 10.1 Å². The molecule has 3 aromatic carbocycles. The van der Waals surface area contributed by atoms with E-state index in [0.29, 0.717) is 23.1 Å². The Balaban J connectivity index is 1.46. The van der Waals surface area contributed by atoms with Gasteiger partial charge in [0.15, 0.2) is 0 Å². The second-order valence-electron chi connectivity index (χ2n) is 6.27. The largest absolute Gasteiger partial charge is 0.489 e. The zero-order valence-electron chi connectivity index (χ0n) is 15.3. The van der Waals surface area contributed by atoms with E-state index in [-0.39, 0.29) is 5.91 Å². The molecule has 29 heavy (non-hydrogen) atoms. The number of amides is 1. The molecule has 0 aliphatic carbocycles. The highest BCUT2D eigenvalue weighted by Crippen LogP contribution is 2.28. The first-order chi connectivity index (χ1) is 14.2. The fraction of sp³-hybridized carbons (Fsp3) is 0.0435. The van der Waals surface area contributed by atoms with Crippen molar-refractivity contribution in [2.45, 2.75) is 6.61 Å². The Morgan fingerprint density at radius 3 is 2.62 bits per heavy atom. The van der Waals surface area contributed by atoms with Crippen LogP contribution in [0.3, 0.4) is 0 Å². The molecule has 0 aliphatic heterocycles. The number of para-hydroxylation sites is 1. The molecule has 1 heterocycles. The molecule has 0 saturated carbocycles. The zero-order valence-corrected chi connectivity index (χ0v) is 16.9. The summed E-state index contributed by atoms with van der Waals surface area (Å²) in [7, 11) is 0. The smallest absolute Gasteiger partial charge is 0.275 e. The van der Waals surface area contributed by atoms with Gasteiger partial charge in [-0.25, -0.2) is 4.98 Å². The van der Waals surface area contributed by atoms with Crippen LogP contribution >= 0.6 is 22.9 Å².